The molecule has 0 spiro atoms. The van der Waals surface area contributed by atoms with E-state index in [0.29, 0.717) is 18.8 Å². The van der Waals surface area contributed by atoms with Gasteiger partial charge in [0.25, 0.3) is 0 Å². The molecular formula is C19H30IN5O. The second kappa shape index (κ2) is 10.1. The Morgan fingerprint density at radius 3 is 2.54 bits per heavy atom. The normalized spacial score (nSPS) is 22.4. The minimum absolute atomic E-state index is 0. The lowest BCUT2D eigenvalue weighted by atomic mass is 9.82. The summed E-state index contributed by atoms with van der Waals surface area (Å²) in [6, 6.07) is 3.76. The van der Waals surface area contributed by atoms with Crippen LogP contribution < -0.4 is 10.6 Å². The van der Waals surface area contributed by atoms with Crippen LogP contribution in [0.3, 0.4) is 0 Å². The van der Waals surface area contributed by atoms with Crippen LogP contribution in [0.25, 0.3) is 0 Å². The predicted octanol–water partition coefficient (Wildman–Crippen LogP) is 3.03. The molecule has 2 unspecified atom stereocenters. The van der Waals surface area contributed by atoms with Crippen molar-refractivity contribution in [2.75, 3.05) is 32.0 Å². The SMILES string of the molecule is CN=C(NCCC(=O)Nc1ccc(C)cn1)N1CC2CCCCC2C1.I. The highest BCUT2D eigenvalue weighted by molar-refractivity contribution is 14.0. The summed E-state index contributed by atoms with van der Waals surface area (Å²) in [5, 5.41) is 6.17. The summed E-state index contributed by atoms with van der Waals surface area (Å²) >= 11 is 0. The van der Waals surface area contributed by atoms with Gasteiger partial charge in [0.2, 0.25) is 5.91 Å². The van der Waals surface area contributed by atoms with E-state index in [-0.39, 0.29) is 29.9 Å². The van der Waals surface area contributed by atoms with Crippen LogP contribution in [-0.4, -0.2) is 48.4 Å². The average molecular weight is 471 g/mol. The number of carbonyl (C=O) groups excluding carboxylic acids is 1. The number of rotatable bonds is 4. The van der Waals surface area contributed by atoms with E-state index < -0.39 is 0 Å². The fourth-order valence-corrected chi connectivity index (χ4v) is 3.95. The highest BCUT2D eigenvalue weighted by atomic mass is 127. The number of guanidine groups is 1. The summed E-state index contributed by atoms with van der Waals surface area (Å²) in [6.07, 6.45) is 7.59. The molecular weight excluding hydrogens is 441 g/mol. The Morgan fingerprint density at radius 2 is 1.96 bits per heavy atom. The maximum Gasteiger partial charge on any atom is 0.227 e. The molecule has 0 radical (unpaired) electrons. The smallest absolute Gasteiger partial charge is 0.227 e. The number of anilines is 1. The van der Waals surface area contributed by atoms with Crippen molar-refractivity contribution in [3.8, 4) is 0 Å². The minimum atomic E-state index is -0.0330. The van der Waals surface area contributed by atoms with Gasteiger partial charge in [0, 0.05) is 39.3 Å². The van der Waals surface area contributed by atoms with Crippen LogP contribution in [0, 0.1) is 18.8 Å². The molecule has 0 bridgehead atoms. The van der Waals surface area contributed by atoms with Crippen molar-refractivity contribution in [3.05, 3.63) is 23.9 Å². The third-order valence-corrected chi connectivity index (χ3v) is 5.30. The van der Waals surface area contributed by atoms with Crippen LogP contribution in [0.1, 0.15) is 37.7 Å². The monoisotopic (exact) mass is 471 g/mol. The van der Waals surface area contributed by atoms with E-state index in [0.717, 1.165) is 36.4 Å². The van der Waals surface area contributed by atoms with Crippen LogP contribution in [0.4, 0.5) is 5.82 Å². The maximum absolute atomic E-state index is 12.0. The molecule has 0 aromatic carbocycles. The molecule has 1 aliphatic heterocycles. The Bertz CT molecular complexity index is 605. The topological polar surface area (TPSA) is 69.6 Å². The fourth-order valence-electron chi connectivity index (χ4n) is 3.95. The quantitative estimate of drug-likeness (QED) is 0.403. The van der Waals surface area contributed by atoms with E-state index >= 15 is 0 Å². The third kappa shape index (κ3) is 5.56. The second-order valence-corrected chi connectivity index (χ2v) is 7.20. The molecule has 1 aromatic rings. The van der Waals surface area contributed by atoms with E-state index in [2.05, 4.69) is 25.5 Å². The molecule has 1 amide bonds. The van der Waals surface area contributed by atoms with E-state index in [1.165, 1.54) is 25.7 Å². The fraction of sp³-hybridized carbons (Fsp3) is 0.632. The van der Waals surface area contributed by atoms with E-state index in [1.807, 2.05) is 26.1 Å². The molecule has 6 nitrogen and oxygen atoms in total. The van der Waals surface area contributed by atoms with Crippen molar-refractivity contribution in [1.29, 1.82) is 0 Å². The van der Waals surface area contributed by atoms with Crippen molar-refractivity contribution >= 4 is 41.7 Å². The summed E-state index contributed by atoms with van der Waals surface area (Å²) < 4.78 is 0. The highest BCUT2D eigenvalue weighted by Crippen LogP contribution is 2.35. The van der Waals surface area contributed by atoms with Gasteiger partial charge in [-0.3, -0.25) is 9.79 Å². The van der Waals surface area contributed by atoms with E-state index in [9.17, 15) is 4.79 Å². The number of aryl methyl sites for hydroxylation is 1. The first kappa shape index (κ1) is 20.9. The van der Waals surface area contributed by atoms with Crippen molar-refractivity contribution < 1.29 is 4.79 Å². The predicted molar refractivity (Wildman–Crippen MR) is 116 cm³/mol. The first-order valence-electron chi connectivity index (χ1n) is 9.34. The molecule has 7 heteroatoms. The van der Waals surface area contributed by atoms with Crippen LogP contribution in [0.5, 0.6) is 0 Å². The summed E-state index contributed by atoms with van der Waals surface area (Å²) in [7, 11) is 1.82. The molecule has 2 N–H and O–H groups in total. The number of halogens is 1. The number of amides is 1. The summed E-state index contributed by atoms with van der Waals surface area (Å²) in [4.78, 5) is 23.0. The third-order valence-electron chi connectivity index (χ3n) is 5.30. The molecule has 2 heterocycles. The Labute approximate surface area is 173 Å². The maximum atomic E-state index is 12.0. The largest absolute Gasteiger partial charge is 0.356 e. The van der Waals surface area contributed by atoms with Crippen molar-refractivity contribution in [3.63, 3.8) is 0 Å². The van der Waals surface area contributed by atoms with Gasteiger partial charge in [-0.05, 0) is 43.2 Å². The number of hydrogen-bond acceptors (Lipinski definition) is 3. The molecule has 1 aromatic heterocycles. The molecule has 2 atom stereocenters. The first-order chi connectivity index (χ1) is 12.2. The second-order valence-electron chi connectivity index (χ2n) is 7.20. The van der Waals surface area contributed by atoms with Gasteiger partial charge >= 0.3 is 0 Å². The molecule has 1 saturated carbocycles. The number of carbonyl (C=O) groups is 1. The first-order valence-corrected chi connectivity index (χ1v) is 9.34. The van der Waals surface area contributed by atoms with Crippen LogP contribution >= 0.6 is 24.0 Å². The van der Waals surface area contributed by atoms with Gasteiger partial charge < -0.3 is 15.5 Å². The number of aliphatic imine (C=N–C) groups is 1. The zero-order valence-corrected chi connectivity index (χ0v) is 18.0. The van der Waals surface area contributed by atoms with Gasteiger partial charge in [-0.1, -0.05) is 18.9 Å². The average Bonchev–Trinajstić information content (AvgIpc) is 3.04. The van der Waals surface area contributed by atoms with E-state index in [4.69, 9.17) is 0 Å². The lowest BCUT2D eigenvalue weighted by molar-refractivity contribution is -0.116. The van der Waals surface area contributed by atoms with Crippen molar-refractivity contribution in [1.82, 2.24) is 15.2 Å². The Balaban J connectivity index is 0.00000243. The number of nitrogens with zero attached hydrogens (tertiary/aromatic N) is 3. The summed E-state index contributed by atoms with van der Waals surface area (Å²) in [5.74, 6) is 3.14. The van der Waals surface area contributed by atoms with Gasteiger partial charge in [0.1, 0.15) is 5.82 Å². The molecule has 144 valence electrons. The number of aromatic nitrogens is 1. The lowest BCUT2D eigenvalue weighted by Gasteiger charge is -2.22. The molecule has 3 rings (SSSR count). The number of fused-ring (bicyclic) bond motifs is 1. The summed E-state index contributed by atoms with van der Waals surface area (Å²) in [5.41, 5.74) is 1.08. The summed E-state index contributed by atoms with van der Waals surface area (Å²) in [6.45, 7) is 4.76. The van der Waals surface area contributed by atoms with Crippen LogP contribution in [0.2, 0.25) is 0 Å². The number of nitrogens with one attached hydrogen (secondary N) is 2. The van der Waals surface area contributed by atoms with Gasteiger partial charge in [0.05, 0.1) is 0 Å². The van der Waals surface area contributed by atoms with E-state index in [1.54, 1.807) is 6.20 Å². The molecule has 2 aliphatic rings. The number of likely N-dealkylation sites (tertiary alicyclic amines) is 1. The zero-order chi connectivity index (χ0) is 17.6. The Hall–Kier alpha value is -1.38. The van der Waals surface area contributed by atoms with Crippen molar-refractivity contribution in [2.45, 2.75) is 39.0 Å². The molecule has 2 fully saturated rings. The Morgan fingerprint density at radius 1 is 1.27 bits per heavy atom. The van der Waals surface area contributed by atoms with Gasteiger partial charge in [0.15, 0.2) is 5.96 Å². The molecule has 26 heavy (non-hydrogen) atoms. The van der Waals surface area contributed by atoms with Gasteiger partial charge in [-0.2, -0.15) is 0 Å². The van der Waals surface area contributed by atoms with Gasteiger partial charge in [-0.15, -0.1) is 24.0 Å². The van der Waals surface area contributed by atoms with Gasteiger partial charge in [-0.25, -0.2) is 4.98 Å². The molecule has 1 saturated heterocycles. The number of hydrogen-bond donors (Lipinski definition) is 2. The Kier molecular flexibility index (Phi) is 8.12. The molecule has 1 aliphatic carbocycles. The van der Waals surface area contributed by atoms with Crippen LogP contribution in [0.15, 0.2) is 23.3 Å². The van der Waals surface area contributed by atoms with Crippen LogP contribution in [-0.2, 0) is 4.79 Å². The zero-order valence-electron chi connectivity index (χ0n) is 15.7. The standard InChI is InChI=1S/C19H29N5O.HI/c1-14-7-8-17(22-11-14)23-18(25)9-10-21-19(20-2)24-12-15-5-3-4-6-16(15)13-24;/h7-8,11,15-16H,3-6,9-10,12-13H2,1-2H3,(H,20,21)(H,22,23,25);1H. The highest BCUT2D eigenvalue weighted by Gasteiger charge is 2.35. The lowest BCUT2D eigenvalue weighted by Crippen LogP contribution is -2.41. The minimum Gasteiger partial charge on any atom is -0.356 e. The van der Waals surface area contributed by atoms with Crippen molar-refractivity contribution in [2.24, 2.45) is 16.8 Å². The number of pyridine rings is 1.